The first-order valence-corrected chi connectivity index (χ1v) is 12.7. The topological polar surface area (TPSA) is 102 Å². The zero-order chi connectivity index (χ0) is 25.5. The Kier molecular flexibility index (Phi) is 8.12. The minimum Gasteiger partial charge on any atom is -0.351 e. The maximum Gasteiger partial charge on any atom is 0.331 e. The van der Waals surface area contributed by atoms with Gasteiger partial charge in [0.2, 0.25) is 11.8 Å². The standard InChI is InChI=1S/C27H28N4O4S/c1-19-11-13-20(14-12-19)29-25(33)18-31-23-9-3-2-8-22(23)26(34)30(27(31)35)15-5-4-10-24(32)28-17-21-7-6-16-36-21/h2-3,6-9,11-14,16H,4-5,10,15,17-18H2,1H3,(H,28,32)(H,29,33). The van der Waals surface area contributed by atoms with Crippen LogP contribution in [0.4, 0.5) is 5.69 Å². The van der Waals surface area contributed by atoms with Crippen molar-refractivity contribution in [1.29, 1.82) is 0 Å². The number of carbonyl (C=O) groups excluding carboxylic acids is 2. The number of hydrogen-bond acceptors (Lipinski definition) is 5. The molecule has 0 aliphatic heterocycles. The number of unbranched alkanes of at least 4 members (excludes halogenated alkanes) is 1. The summed E-state index contributed by atoms with van der Waals surface area (Å²) in [7, 11) is 0. The predicted octanol–water partition coefficient (Wildman–Crippen LogP) is 3.66. The highest BCUT2D eigenvalue weighted by molar-refractivity contribution is 7.09. The number of aryl methyl sites for hydroxylation is 1. The average Bonchev–Trinajstić information content (AvgIpc) is 3.40. The Morgan fingerprint density at radius 3 is 2.42 bits per heavy atom. The molecule has 4 rings (SSSR count). The summed E-state index contributed by atoms with van der Waals surface area (Å²) in [5.41, 5.74) is 1.18. The Hall–Kier alpha value is -3.98. The number of anilines is 1. The Morgan fingerprint density at radius 1 is 0.889 bits per heavy atom. The van der Waals surface area contributed by atoms with Crippen molar-refractivity contribution in [2.45, 2.75) is 45.8 Å². The third-order valence-corrected chi connectivity index (χ3v) is 6.72. The number of thiophene rings is 1. The molecule has 0 aliphatic carbocycles. The van der Waals surface area contributed by atoms with Gasteiger partial charge >= 0.3 is 5.69 Å². The number of fused-ring (bicyclic) bond motifs is 1. The van der Waals surface area contributed by atoms with Gasteiger partial charge < -0.3 is 10.6 Å². The predicted molar refractivity (Wildman–Crippen MR) is 142 cm³/mol. The fraction of sp³-hybridized carbons (Fsp3) is 0.259. The number of nitrogens with zero attached hydrogens (tertiary/aromatic N) is 2. The summed E-state index contributed by atoms with van der Waals surface area (Å²) in [5.74, 6) is -0.432. The van der Waals surface area contributed by atoms with E-state index >= 15 is 0 Å². The molecule has 0 saturated carbocycles. The lowest BCUT2D eigenvalue weighted by Crippen LogP contribution is -2.41. The molecular weight excluding hydrogens is 476 g/mol. The molecule has 4 aromatic rings. The second-order valence-electron chi connectivity index (χ2n) is 8.57. The SMILES string of the molecule is Cc1ccc(NC(=O)Cn2c(=O)n(CCCCC(=O)NCc3cccs3)c(=O)c3ccccc32)cc1. The number of nitrogens with one attached hydrogen (secondary N) is 2. The smallest absolute Gasteiger partial charge is 0.331 e. The molecule has 36 heavy (non-hydrogen) atoms. The van der Waals surface area contributed by atoms with Gasteiger partial charge in [-0.05, 0) is 55.5 Å². The number of amides is 2. The monoisotopic (exact) mass is 504 g/mol. The van der Waals surface area contributed by atoms with Gasteiger partial charge in [0.15, 0.2) is 0 Å². The molecule has 0 radical (unpaired) electrons. The van der Waals surface area contributed by atoms with Crippen molar-refractivity contribution in [3.8, 4) is 0 Å². The van der Waals surface area contributed by atoms with Gasteiger partial charge in [-0.3, -0.25) is 23.5 Å². The van der Waals surface area contributed by atoms with Crippen molar-refractivity contribution in [3.63, 3.8) is 0 Å². The van der Waals surface area contributed by atoms with E-state index in [2.05, 4.69) is 10.6 Å². The first-order chi connectivity index (χ1) is 17.4. The van der Waals surface area contributed by atoms with E-state index in [1.807, 2.05) is 36.6 Å². The molecule has 0 unspecified atom stereocenters. The second kappa shape index (κ2) is 11.6. The van der Waals surface area contributed by atoms with Gasteiger partial charge in [0.1, 0.15) is 6.54 Å². The minimum absolute atomic E-state index is 0.0700. The highest BCUT2D eigenvalue weighted by atomic mass is 32.1. The molecular formula is C27H28N4O4S. The Morgan fingerprint density at radius 2 is 1.67 bits per heavy atom. The van der Waals surface area contributed by atoms with Gasteiger partial charge in [-0.25, -0.2) is 4.79 Å². The first-order valence-electron chi connectivity index (χ1n) is 11.8. The number of rotatable bonds is 10. The van der Waals surface area contributed by atoms with Gasteiger partial charge in [0.05, 0.1) is 17.4 Å². The van der Waals surface area contributed by atoms with Crippen LogP contribution in [0.5, 0.6) is 0 Å². The lowest BCUT2D eigenvalue weighted by molar-refractivity contribution is -0.121. The van der Waals surface area contributed by atoms with Crippen LogP contribution in [0.2, 0.25) is 0 Å². The van der Waals surface area contributed by atoms with Crippen LogP contribution in [0, 0.1) is 6.92 Å². The minimum atomic E-state index is -0.542. The second-order valence-corrected chi connectivity index (χ2v) is 9.60. The van der Waals surface area contributed by atoms with Crippen LogP contribution in [0.15, 0.2) is 75.6 Å². The lowest BCUT2D eigenvalue weighted by atomic mass is 10.2. The summed E-state index contributed by atoms with van der Waals surface area (Å²) in [6.45, 7) is 2.40. The van der Waals surface area contributed by atoms with Gasteiger partial charge in [-0.15, -0.1) is 11.3 Å². The molecule has 186 valence electrons. The molecule has 2 amide bonds. The first kappa shape index (κ1) is 25.1. The highest BCUT2D eigenvalue weighted by Gasteiger charge is 2.15. The summed E-state index contributed by atoms with van der Waals surface area (Å²) in [5, 5.41) is 8.01. The summed E-state index contributed by atoms with van der Waals surface area (Å²) in [6, 6.07) is 18.0. The number of carbonyl (C=O) groups is 2. The number of aromatic nitrogens is 2. The van der Waals surface area contributed by atoms with Crippen LogP contribution in [-0.4, -0.2) is 20.9 Å². The molecule has 0 spiro atoms. The summed E-state index contributed by atoms with van der Waals surface area (Å²) in [4.78, 5) is 52.2. The molecule has 0 aliphatic rings. The van der Waals surface area contributed by atoms with E-state index in [4.69, 9.17) is 0 Å². The summed E-state index contributed by atoms with van der Waals surface area (Å²) < 4.78 is 2.49. The Balaban J connectivity index is 1.45. The van der Waals surface area contributed by atoms with E-state index in [0.717, 1.165) is 15.0 Å². The van der Waals surface area contributed by atoms with Crippen molar-refractivity contribution in [2.75, 3.05) is 5.32 Å². The number of benzene rings is 2. The summed E-state index contributed by atoms with van der Waals surface area (Å²) in [6.07, 6.45) is 1.32. The van der Waals surface area contributed by atoms with Crippen molar-refractivity contribution < 1.29 is 9.59 Å². The highest BCUT2D eigenvalue weighted by Crippen LogP contribution is 2.11. The maximum absolute atomic E-state index is 13.3. The fourth-order valence-electron chi connectivity index (χ4n) is 3.94. The van der Waals surface area contributed by atoms with Crippen molar-refractivity contribution in [3.05, 3.63) is 97.3 Å². The third kappa shape index (κ3) is 6.17. The molecule has 0 atom stereocenters. The van der Waals surface area contributed by atoms with Crippen molar-refractivity contribution >= 4 is 39.7 Å². The van der Waals surface area contributed by atoms with Gasteiger partial charge in [0, 0.05) is 23.5 Å². The van der Waals surface area contributed by atoms with E-state index < -0.39 is 11.2 Å². The molecule has 0 saturated heterocycles. The number of hydrogen-bond donors (Lipinski definition) is 2. The quantitative estimate of drug-likeness (QED) is 0.322. The molecule has 2 aromatic heterocycles. The van der Waals surface area contributed by atoms with Gasteiger partial charge in [-0.1, -0.05) is 35.9 Å². The van der Waals surface area contributed by atoms with Crippen LogP contribution in [0.25, 0.3) is 10.9 Å². The zero-order valence-corrected chi connectivity index (χ0v) is 20.8. The van der Waals surface area contributed by atoms with Crippen LogP contribution in [0.3, 0.4) is 0 Å². The Labute approximate surface area is 212 Å². The molecule has 0 bridgehead atoms. The van der Waals surface area contributed by atoms with E-state index in [1.54, 1.807) is 47.7 Å². The lowest BCUT2D eigenvalue weighted by Gasteiger charge is -2.14. The van der Waals surface area contributed by atoms with Crippen molar-refractivity contribution in [2.24, 2.45) is 0 Å². The van der Waals surface area contributed by atoms with Crippen LogP contribution in [0.1, 0.15) is 29.7 Å². The largest absolute Gasteiger partial charge is 0.351 e. The van der Waals surface area contributed by atoms with Crippen LogP contribution < -0.4 is 21.9 Å². The van der Waals surface area contributed by atoms with E-state index in [0.29, 0.717) is 42.4 Å². The van der Waals surface area contributed by atoms with Crippen LogP contribution >= 0.6 is 11.3 Å². The zero-order valence-electron chi connectivity index (χ0n) is 20.0. The fourth-order valence-corrected chi connectivity index (χ4v) is 4.59. The summed E-state index contributed by atoms with van der Waals surface area (Å²) >= 11 is 1.58. The maximum atomic E-state index is 13.3. The molecule has 2 heterocycles. The van der Waals surface area contributed by atoms with Gasteiger partial charge in [0.25, 0.3) is 5.56 Å². The molecule has 8 nitrogen and oxygen atoms in total. The number of para-hydroxylation sites is 1. The van der Waals surface area contributed by atoms with E-state index in [-0.39, 0.29) is 24.9 Å². The molecule has 9 heteroatoms. The third-order valence-electron chi connectivity index (χ3n) is 5.84. The normalized spacial score (nSPS) is 10.9. The molecule has 2 N–H and O–H groups in total. The molecule has 2 aromatic carbocycles. The van der Waals surface area contributed by atoms with E-state index in [1.165, 1.54) is 4.57 Å². The average molecular weight is 505 g/mol. The van der Waals surface area contributed by atoms with E-state index in [9.17, 15) is 19.2 Å². The van der Waals surface area contributed by atoms with Crippen molar-refractivity contribution in [1.82, 2.24) is 14.5 Å². The molecule has 0 fully saturated rings. The Bertz CT molecular complexity index is 1470. The van der Waals surface area contributed by atoms with Crippen LogP contribution in [-0.2, 0) is 29.2 Å². The van der Waals surface area contributed by atoms with Gasteiger partial charge in [-0.2, -0.15) is 0 Å².